The van der Waals surface area contributed by atoms with Crippen LogP contribution < -0.4 is 15.0 Å². The molecule has 1 fully saturated rings. The Kier molecular flexibility index (Phi) is 7.32. The van der Waals surface area contributed by atoms with Gasteiger partial charge in [0.05, 0.1) is 31.4 Å². The first-order valence-electron chi connectivity index (χ1n) is 10.6. The van der Waals surface area contributed by atoms with Crippen LogP contribution in [-0.2, 0) is 14.3 Å². The number of esters is 1. The van der Waals surface area contributed by atoms with Gasteiger partial charge in [-0.2, -0.15) is 0 Å². The molecule has 1 atom stereocenters. The highest BCUT2D eigenvalue weighted by molar-refractivity contribution is 6.22. The lowest BCUT2D eigenvalue weighted by molar-refractivity contribution is -0.124. The molecule has 9 nitrogen and oxygen atoms in total. The van der Waals surface area contributed by atoms with Crippen LogP contribution >= 0.6 is 0 Å². The van der Waals surface area contributed by atoms with E-state index in [1.165, 1.54) is 18.1 Å². The Morgan fingerprint density at radius 2 is 1.79 bits per heavy atom. The minimum Gasteiger partial charge on any atom is -0.497 e. The summed E-state index contributed by atoms with van der Waals surface area (Å²) in [7, 11) is 1.53. The van der Waals surface area contributed by atoms with E-state index >= 15 is 0 Å². The van der Waals surface area contributed by atoms with E-state index in [9.17, 15) is 19.2 Å². The maximum atomic E-state index is 13.2. The van der Waals surface area contributed by atoms with E-state index in [0.29, 0.717) is 22.7 Å². The Bertz CT molecular complexity index is 1050. The third kappa shape index (κ3) is 5.14. The number of nitrogens with one attached hydrogen (secondary N) is 1. The van der Waals surface area contributed by atoms with Crippen molar-refractivity contribution >= 4 is 35.2 Å². The number of urea groups is 1. The predicted molar refractivity (Wildman–Crippen MR) is 122 cm³/mol. The van der Waals surface area contributed by atoms with Crippen molar-refractivity contribution in [2.75, 3.05) is 23.9 Å². The van der Waals surface area contributed by atoms with Crippen molar-refractivity contribution in [3.63, 3.8) is 0 Å². The topological polar surface area (TPSA) is 105 Å². The fraction of sp³-hybridized carbons (Fsp3) is 0.333. The smallest absolute Gasteiger partial charge is 0.338 e. The van der Waals surface area contributed by atoms with Crippen LogP contribution in [0.5, 0.6) is 5.75 Å². The third-order valence-corrected chi connectivity index (χ3v) is 5.18. The first kappa shape index (κ1) is 23.8. The van der Waals surface area contributed by atoms with Crippen LogP contribution in [0, 0.1) is 0 Å². The molecule has 3 rings (SSSR count). The first-order valence-corrected chi connectivity index (χ1v) is 10.6. The lowest BCUT2D eigenvalue weighted by atomic mass is 10.1. The Labute approximate surface area is 192 Å². The molecule has 1 aliphatic heterocycles. The summed E-state index contributed by atoms with van der Waals surface area (Å²) in [4.78, 5) is 53.4. The number of carbonyl (C=O) groups excluding carboxylic acids is 4. The second-order valence-corrected chi connectivity index (χ2v) is 7.72. The second-order valence-electron chi connectivity index (χ2n) is 7.72. The minimum absolute atomic E-state index is 0.223. The van der Waals surface area contributed by atoms with Gasteiger partial charge in [-0.15, -0.1) is 0 Å². The lowest BCUT2D eigenvalue weighted by Gasteiger charge is -2.25. The molecule has 1 aliphatic rings. The van der Waals surface area contributed by atoms with Crippen molar-refractivity contribution in [3.05, 3.63) is 54.1 Å². The van der Waals surface area contributed by atoms with Crippen molar-refractivity contribution in [1.82, 2.24) is 4.90 Å². The van der Waals surface area contributed by atoms with Crippen molar-refractivity contribution in [1.29, 1.82) is 0 Å². The van der Waals surface area contributed by atoms with Crippen LogP contribution in [0.15, 0.2) is 48.5 Å². The zero-order valence-corrected chi connectivity index (χ0v) is 19.0. The summed E-state index contributed by atoms with van der Waals surface area (Å²) in [6.07, 6.45) is -0.223. The molecule has 0 saturated carbocycles. The van der Waals surface area contributed by atoms with Crippen molar-refractivity contribution < 1.29 is 28.7 Å². The van der Waals surface area contributed by atoms with Gasteiger partial charge in [0.2, 0.25) is 5.91 Å². The number of benzene rings is 2. The van der Waals surface area contributed by atoms with Crippen LogP contribution in [0.1, 0.15) is 37.6 Å². The van der Waals surface area contributed by atoms with E-state index in [-0.39, 0.29) is 19.1 Å². The molecule has 0 unspecified atom stereocenters. The summed E-state index contributed by atoms with van der Waals surface area (Å²) >= 11 is 0. The molecule has 1 heterocycles. The molecule has 0 bridgehead atoms. The molecule has 4 amide bonds. The molecule has 9 heteroatoms. The van der Waals surface area contributed by atoms with Crippen LogP contribution in [0.3, 0.4) is 0 Å². The Morgan fingerprint density at radius 3 is 2.39 bits per heavy atom. The molecule has 2 aromatic carbocycles. The monoisotopic (exact) mass is 453 g/mol. The van der Waals surface area contributed by atoms with Crippen LogP contribution in [0.2, 0.25) is 0 Å². The van der Waals surface area contributed by atoms with E-state index < -0.39 is 29.9 Å². The molecule has 174 valence electrons. The zero-order chi connectivity index (χ0) is 24.1. The average molecular weight is 453 g/mol. The summed E-state index contributed by atoms with van der Waals surface area (Å²) in [5, 5.41) is 2.70. The Morgan fingerprint density at radius 1 is 1.09 bits per heavy atom. The van der Waals surface area contributed by atoms with Gasteiger partial charge in [0, 0.05) is 11.7 Å². The summed E-state index contributed by atoms with van der Waals surface area (Å²) in [6, 6.07) is 11.2. The Balaban J connectivity index is 1.77. The van der Waals surface area contributed by atoms with Crippen molar-refractivity contribution in [2.45, 2.75) is 39.3 Å². The zero-order valence-electron chi connectivity index (χ0n) is 19.0. The predicted octanol–water partition coefficient (Wildman–Crippen LogP) is 3.45. The number of imide groups is 1. The maximum absolute atomic E-state index is 13.2. The van der Waals surface area contributed by atoms with Crippen molar-refractivity contribution in [3.8, 4) is 5.75 Å². The van der Waals surface area contributed by atoms with Gasteiger partial charge < -0.3 is 19.7 Å². The van der Waals surface area contributed by atoms with Gasteiger partial charge in [0.1, 0.15) is 11.8 Å². The van der Waals surface area contributed by atoms with E-state index in [1.54, 1.807) is 63.2 Å². The number of ether oxygens (including phenoxy) is 2. The molecular weight excluding hydrogens is 426 g/mol. The molecule has 33 heavy (non-hydrogen) atoms. The van der Waals surface area contributed by atoms with Crippen LogP contribution in [-0.4, -0.2) is 54.5 Å². The number of amides is 4. The minimum atomic E-state index is -0.951. The number of hydrogen-bond donors (Lipinski definition) is 1. The SMILES string of the molecule is CCOC(=O)c1cccc(NC(=O)C[C@H]2C(=O)N(c3ccc(OC)cc3)C(=O)N2C(C)C)c1. The molecule has 1 N–H and O–H groups in total. The van der Waals surface area contributed by atoms with Gasteiger partial charge in [0.25, 0.3) is 5.91 Å². The number of carbonyl (C=O) groups is 4. The molecule has 0 radical (unpaired) electrons. The second kappa shape index (κ2) is 10.2. The summed E-state index contributed by atoms with van der Waals surface area (Å²) in [5.74, 6) is -0.829. The van der Waals surface area contributed by atoms with E-state index in [0.717, 1.165) is 4.90 Å². The van der Waals surface area contributed by atoms with Crippen LogP contribution in [0.4, 0.5) is 16.2 Å². The van der Waals surface area contributed by atoms with Crippen LogP contribution in [0.25, 0.3) is 0 Å². The molecule has 0 aromatic heterocycles. The standard InChI is InChI=1S/C24H27N3O6/c1-5-33-23(30)16-7-6-8-17(13-16)25-21(28)14-20-22(29)27(24(31)26(20)15(2)3)18-9-11-19(32-4)12-10-18/h6-13,15,20H,5,14H2,1-4H3,(H,25,28)/t20-/m0/s1. The van der Waals surface area contributed by atoms with Crippen molar-refractivity contribution in [2.24, 2.45) is 0 Å². The van der Waals surface area contributed by atoms with Gasteiger partial charge in [-0.05, 0) is 63.2 Å². The van der Waals surface area contributed by atoms with E-state index in [4.69, 9.17) is 9.47 Å². The fourth-order valence-electron chi connectivity index (χ4n) is 3.67. The van der Waals surface area contributed by atoms with Gasteiger partial charge in [-0.25, -0.2) is 14.5 Å². The van der Waals surface area contributed by atoms with Gasteiger partial charge in [0.15, 0.2) is 0 Å². The maximum Gasteiger partial charge on any atom is 0.338 e. The number of nitrogens with zero attached hydrogens (tertiary/aromatic N) is 2. The molecular formula is C24H27N3O6. The normalized spacial score (nSPS) is 15.7. The number of hydrogen-bond acceptors (Lipinski definition) is 6. The number of methoxy groups -OCH3 is 1. The molecule has 0 spiro atoms. The summed E-state index contributed by atoms with van der Waals surface area (Å²) in [5.41, 5.74) is 1.10. The third-order valence-electron chi connectivity index (χ3n) is 5.18. The summed E-state index contributed by atoms with van der Waals surface area (Å²) < 4.78 is 10.1. The largest absolute Gasteiger partial charge is 0.497 e. The van der Waals surface area contributed by atoms with E-state index in [1.807, 2.05) is 0 Å². The summed E-state index contributed by atoms with van der Waals surface area (Å²) in [6.45, 7) is 5.52. The highest BCUT2D eigenvalue weighted by atomic mass is 16.5. The molecule has 1 saturated heterocycles. The number of rotatable bonds is 8. The van der Waals surface area contributed by atoms with Gasteiger partial charge in [-0.1, -0.05) is 6.07 Å². The Hall–Kier alpha value is -3.88. The van der Waals surface area contributed by atoms with E-state index in [2.05, 4.69) is 5.32 Å². The highest BCUT2D eigenvalue weighted by Gasteiger charge is 2.47. The quantitative estimate of drug-likeness (QED) is 0.485. The molecule has 0 aliphatic carbocycles. The fourth-order valence-corrected chi connectivity index (χ4v) is 3.67. The first-order chi connectivity index (χ1) is 15.8. The lowest BCUT2D eigenvalue weighted by Crippen LogP contribution is -2.42. The highest BCUT2D eigenvalue weighted by Crippen LogP contribution is 2.30. The average Bonchev–Trinajstić information content (AvgIpc) is 3.03. The van der Waals surface area contributed by atoms with Gasteiger partial charge in [-0.3, -0.25) is 9.59 Å². The molecule has 2 aromatic rings. The van der Waals surface area contributed by atoms with Gasteiger partial charge >= 0.3 is 12.0 Å². The number of anilines is 2.